The number of imidazole rings is 1. The van der Waals surface area contributed by atoms with Crippen molar-refractivity contribution in [3.63, 3.8) is 0 Å². The van der Waals surface area contributed by atoms with Crippen LogP contribution in [0.3, 0.4) is 0 Å². The van der Waals surface area contributed by atoms with Crippen LogP contribution < -0.4 is 15.4 Å². The van der Waals surface area contributed by atoms with Crippen LogP contribution >= 0.6 is 0 Å². The molecule has 0 spiro atoms. The topological polar surface area (TPSA) is 187 Å². The van der Waals surface area contributed by atoms with Crippen LogP contribution in [0, 0.1) is 28.5 Å². The minimum atomic E-state index is -0.355. The molecule has 0 atom stereocenters. The monoisotopic (exact) mass is 1080 g/mol. The molecule has 3 aliphatic heterocycles. The van der Waals surface area contributed by atoms with Gasteiger partial charge in [0.05, 0.1) is 23.3 Å². The zero-order chi connectivity index (χ0) is 55.5. The summed E-state index contributed by atoms with van der Waals surface area (Å²) >= 11 is 0. The summed E-state index contributed by atoms with van der Waals surface area (Å²) in [6.07, 6.45) is 10.6. The number of aromatic nitrogens is 9. The molecule has 0 amide bonds. The molecule has 0 unspecified atom stereocenters. The number of pyridine rings is 1. The third kappa shape index (κ3) is 10.8. The van der Waals surface area contributed by atoms with Crippen LogP contribution in [0.5, 0.6) is 5.75 Å². The minimum absolute atomic E-state index is 0.166. The number of hydrogen-bond acceptors (Lipinski definition) is 14. The Morgan fingerprint density at radius 1 is 0.585 bits per heavy atom. The van der Waals surface area contributed by atoms with E-state index in [-0.39, 0.29) is 29.5 Å². The van der Waals surface area contributed by atoms with Gasteiger partial charge in [-0.2, -0.15) is 15.6 Å². The molecule has 82 heavy (non-hydrogen) atoms. The van der Waals surface area contributed by atoms with E-state index in [0.29, 0.717) is 35.4 Å². The van der Waals surface area contributed by atoms with Gasteiger partial charge in [-0.1, -0.05) is 103 Å². The Labute approximate surface area is 474 Å². The van der Waals surface area contributed by atoms with Crippen LogP contribution in [0.1, 0.15) is 54.2 Å². The molecule has 17 heteroatoms. The number of piperidine rings is 2. The largest absolute Gasteiger partial charge is 0.483 e. The SMILES string of the molecule is Cn1c(-c2cc(F)cc(-c3ccc(-c4c(-c5ccc(CN6CCC(Nc7ccnc(C#N)n7)CC6)cc5)nn5c4COc4cnccc4-5)cc3)c2)nc(-c2ccc(CN3CCC(Nc4ccnc(C#N)n4)CC3)cc2)c1-c1ccccc1. The van der Waals surface area contributed by atoms with Crippen molar-refractivity contribution < 1.29 is 9.13 Å². The first-order valence-corrected chi connectivity index (χ1v) is 27.6. The van der Waals surface area contributed by atoms with E-state index < -0.39 is 0 Å². The lowest BCUT2D eigenvalue weighted by molar-refractivity contribution is 0.211. The highest BCUT2D eigenvalue weighted by Gasteiger charge is 2.28. The Morgan fingerprint density at radius 2 is 1.15 bits per heavy atom. The zero-order valence-corrected chi connectivity index (χ0v) is 45.1. The lowest BCUT2D eigenvalue weighted by Gasteiger charge is -2.32. The molecule has 2 N–H and O–H groups in total. The highest BCUT2D eigenvalue weighted by Crippen LogP contribution is 2.42. The number of anilines is 2. The molecular formula is C65H56FN15O. The van der Waals surface area contributed by atoms with E-state index in [1.165, 1.54) is 11.1 Å². The summed E-state index contributed by atoms with van der Waals surface area (Å²) in [5, 5.41) is 30.7. The third-order valence-corrected chi connectivity index (χ3v) is 15.8. The normalized spacial score (nSPS) is 14.7. The number of halogens is 1. The molecule has 0 saturated carbocycles. The first-order valence-electron chi connectivity index (χ1n) is 27.6. The van der Waals surface area contributed by atoms with Crippen LogP contribution in [0.2, 0.25) is 0 Å². The second-order valence-electron chi connectivity index (χ2n) is 21.1. The predicted molar refractivity (Wildman–Crippen MR) is 312 cm³/mol. The van der Waals surface area contributed by atoms with Crippen LogP contribution in [-0.2, 0) is 26.7 Å². The predicted octanol–water partition coefficient (Wildman–Crippen LogP) is 11.5. The molecule has 16 nitrogen and oxygen atoms in total. The van der Waals surface area contributed by atoms with Gasteiger partial charge in [0.1, 0.15) is 53.4 Å². The standard InChI is InChI=1S/C65H56FN15O/c1-78-64(48-5-3-2-4-6-48)63(47-13-9-43(10-14-47)40-80-31-24-53(25-32-80)73-58-21-28-71-60(37-68)75-58)76-65(78)50-33-49(34-51(66)35-50)44-15-17-45(18-16-44)61-55-41-82-56-38-69-26-19-54(56)81(55)77-62(61)46-11-7-42(8-12-46)39-79-29-22-52(23-30-79)72-57-20-27-70-59(36-67)74-57/h2-21,26-28,33-35,38,52-53H,22-25,29-32,39-41H2,1H3,(H,70,72,74)(H,71,73,75). The zero-order valence-electron chi connectivity index (χ0n) is 45.1. The fourth-order valence-corrected chi connectivity index (χ4v) is 11.6. The van der Waals surface area contributed by atoms with Gasteiger partial charge in [-0.25, -0.2) is 34.0 Å². The average molecular weight is 1080 g/mol. The van der Waals surface area contributed by atoms with E-state index in [2.05, 4.69) is 123 Å². The Balaban J connectivity index is 0.739. The van der Waals surface area contributed by atoms with Gasteiger partial charge in [0.15, 0.2) is 5.75 Å². The Morgan fingerprint density at radius 3 is 1.74 bits per heavy atom. The molecule has 3 aliphatic rings. The number of nitriles is 2. The summed E-state index contributed by atoms with van der Waals surface area (Å²) in [6, 6.07) is 51.2. The molecule has 5 aromatic heterocycles. The van der Waals surface area contributed by atoms with Crippen LogP contribution in [0.4, 0.5) is 16.0 Å². The highest BCUT2D eigenvalue weighted by molar-refractivity contribution is 5.86. The van der Waals surface area contributed by atoms with E-state index in [0.717, 1.165) is 132 Å². The number of ether oxygens (including phenoxy) is 1. The maximum atomic E-state index is 16.1. The van der Waals surface area contributed by atoms with E-state index >= 15 is 4.39 Å². The summed E-state index contributed by atoms with van der Waals surface area (Å²) in [7, 11) is 2.00. The van der Waals surface area contributed by atoms with Gasteiger partial charge < -0.3 is 19.9 Å². The van der Waals surface area contributed by atoms with Crippen molar-refractivity contribution in [2.75, 3.05) is 36.8 Å². The fraction of sp³-hybridized carbons (Fsp3) is 0.215. The van der Waals surface area contributed by atoms with Crippen LogP contribution in [0.15, 0.2) is 164 Å². The summed E-state index contributed by atoms with van der Waals surface area (Å²) in [5.74, 6) is 2.68. The summed E-state index contributed by atoms with van der Waals surface area (Å²) in [4.78, 5) is 31.1. The number of fused-ring (bicyclic) bond motifs is 3. The Kier molecular flexibility index (Phi) is 14.2. The molecule has 10 aromatic rings. The lowest BCUT2D eigenvalue weighted by atomic mass is 9.95. The summed E-state index contributed by atoms with van der Waals surface area (Å²) in [6.45, 7) is 5.71. The molecule has 2 fully saturated rings. The van der Waals surface area contributed by atoms with Crippen LogP contribution in [0.25, 0.3) is 73.1 Å². The number of hydrogen-bond donors (Lipinski definition) is 2. The summed E-state index contributed by atoms with van der Waals surface area (Å²) in [5.41, 5.74) is 13.9. The quantitative estimate of drug-likeness (QED) is 0.105. The van der Waals surface area contributed by atoms with Gasteiger partial charge in [0, 0.05) is 105 Å². The third-order valence-electron chi connectivity index (χ3n) is 15.8. The number of rotatable bonds is 14. The second kappa shape index (κ2) is 22.7. The van der Waals surface area contributed by atoms with Crippen molar-refractivity contribution in [3.05, 3.63) is 199 Å². The molecular weight excluding hydrogens is 1030 g/mol. The summed E-state index contributed by atoms with van der Waals surface area (Å²) < 4.78 is 26.4. The first-order chi connectivity index (χ1) is 40.3. The number of nitrogens with zero attached hydrogens (tertiary/aromatic N) is 13. The van der Waals surface area contributed by atoms with E-state index in [4.69, 9.17) is 14.8 Å². The van der Waals surface area contributed by atoms with Crippen molar-refractivity contribution in [1.29, 1.82) is 10.5 Å². The van der Waals surface area contributed by atoms with Gasteiger partial charge in [-0.3, -0.25) is 14.8 Å². The maximum absolute atomic E-state index is 16.1. The van der Waals surface area contributed by atoms with Crippen molar-refractivity contribution in [1.82, 2.24) is 54.1 Å². The van der Waals surface area contributed by atoms with Gasteiger partial charge in [0.2, 0.25) is 11.6 Å². The van der Waals surface area contributed by atoms with Crippen LogP contribution in [-0.4, -0.2) is 92.3 Å². The Hall–Kier alpha value is -9.94. The van der Waals surface area contributed by atoms with Crippen molar-refractivity contribution in [2.45, 2.75) is 57.5 Å². The lowest BCUT2D eigenvalue weighted by Crippen LogP contribution is -2.38. The number of benzene rings is 5. The molecule has 8 heterocycles. The van der Waals surface area contributed by atoms with Gasteiger partial charge >= 0.3 is 0 Å². The molecule has 404 valence electrons. The Bertz CT molecular complexity index is 4020. The average Bonchev–Trinajstić information content (AvgIpc) is 3.38. The molecule has 0 aliphatic carbocycles. The smallest absolute Gasteiger partial charge is 0.234 e. The van der Waals surface area contributed by atoms with E-state index in [1.807, 2.05) is 78.5 Å². The molecule has 2 saturated heterocycles. The fourth-order valence-electron chi connectivity index (χ4n) is 11.6. The second-order valence-corrected chi connectivity index (χ2v) is 21.1. The maximum Gasteiger partial charge on any atom is 0.234 e. The van der Waals surface area contributed by atoms with E-state index in [1.54, 1.807) is 36.9 Å². The molecule has 5 aromatic carbocycles. The van der Waals surface area contributed by atoms with Gasteiger partial charge in [0.25, 0.3) is 0 Å². The van der Waals surface area contributed by atoms with Crippen molar-refractivity contribution >= 4 is 11.6 Å². The van der Waals surface area contributed by atoms with Gasteiger partial charge in [-0.05, 0) is 89.9 Å². The molecule has 13 rings (SSSR count). The van der Waals surface area contributed by atoms with Crippen molar-refractivity contribution in [3.8, 4) is 91.0 Å². The number of likely N-dealkylation sites (tertiary alicyclic amines) is 2. The van der Waals surface area contributed by atoms with Gasteiger partial charge in [-0.15, -0.1) is 0 Å². The minimum Gasteiger partial charge on any atom is -0.483 e. The first kappa shape index (κ1) is 51.5. The molecule has 0 radical (unpaired) electrons. The molecule has 0 bridgehead atoms. The van der Waals surface area contributed by atoms with E-state index in [9.17, 15) is 10.5 Å². The number of nitrogens with one attached hydrogen (secondary N) is 2. The highest BCUT2D eigenvalue weighted by atomic mass is 19.1. The van der Waals surface area contributed by atoms with Crippen molar-refractivity contribution in [2.24, 2.45) is 7.05 Å².